The maximum Gasteiger partial charge on any atom is 0.127 e. The third kappa shape index (κ3) is 2.27. The lowest BCUT2D eigenvalue weighted by molar-refractivity contribution is 0.619. The van der Waals surface area contributed by atoms with Crippen molar-refractivity contribution in [2.45, 2.75) is 13.8 Å². The van der Waals surface area contributed by atoms with E-state index in [1.165, 1.54) is 6.07 Å². The number of nitrogen functional groups attached to an aromatic ring is 1. The molecule has 2 N–H and O–H groups in total. The molecule has 17 heavy (non-hydrogen) atoms. The number of hydrogen-bond acceptors (Lipinski definition) is 1. The first kappa shape index (κ1) is 11.9. The molecule has 0 saturated carbocycles. The van der Waals surface area contributed by atoms with Crippen LogP contribution in [0.15, 0.2) is 30.3 Å². The normalized spacial score (nSPS) is 10.6. The third-order valence-corrected chi connectivity index (χ3v) is 3.06. The van der Waals surface area contributed by atoms with E-state index >= 15 is 0 Å². The molecule has 88 valence electrons. The predicted molar refractivity (Wildman–Crippen MR) is 70.7 cm³/mol. The minimum Gasteiger partial charge on any atom is -0.398 e. The quantitative estimate of drug-likeness (QED) is 0.748. The molecule has 0 spiro atoms. The van der Waals surface area contributed by atoms with E-state index in [9.17, 15) is 4.39 Å². The molecule has 0 unspecified atom stereocenters. The summed E-state index contributed by atoms with van der Waals surface area (Å²) in [5.41, 5.74) is 9.83. The van der Waals surface area contributed by atoms with E-state index in [0.29, 0.717) is 16.3 Å². The van der Waals surface area contributed by atoms with Crippen LogP contribution < -0.4 is 5.73 Å². The first-order valence-electron chi connectivity index (χ1n) is 5.31. The van der Waals surface area contributed by atoms with Crippen LogP contribution in [0.1, 0.15) is 11.1 Å². The van der Waals surface area contributed by atoms with Crippen molar-refractivity contribution >= 4 is 17.3 Å². The number of halogens is 2. The van der Waals surface area contributed by atoms with Crippen molar-refractivity contribution in [3.63, 3.8) is 0 Å². The van der Waals surface area contributed by atoms with Gasteiger partial charge in [-0.05, 0) is 43.7 Å². The van der Waals surface area contributed by atoms with Crippen LogP contribution in [0.2, 0.25) is 5.02 Å². The molecule has 0 atom stereocenters. The molecule has 0 aromatic heterocycles. The Hall–Kier alpha value is -1.54. The van der Waals surface area contributed by atoms with Gasteiger partial charge in [0.25, 0.3) is 0 Å². The molecule has 1 nitrogen and oxygen atoms in total. The number of benzene rings is 2. The molecule has 0 aliphatic carbocycles. The summed E-state index contributed by atoms with van der Waals surface area (Å²) in [5.74, 6) is -0.301. The number of anilines is 1. The summed E-state index contributed by atoms with van der Waals surface area (Å²) in [5, 5.41) is 0.380. The molecule has 0 bridgehead atoms. The van der Waals surface area contributed by atoms with Crippen LogP contribution in [0, 0.1) is 19.7 Å². The summed E-state index contributed by atoms with van der Waals surface area (Å²) in [6.45, 7) is 3.69. The first-order chi connectivity index (χ1) is 7.99. The van der Waals surface area contributed by atoms with Crippen molar-refractivity contribution in [2.75, 3.05) is 5.73 Å². The van der Waals surface area contributed by atoms with Gasteiger partial charge in [0.2, 0.25) is 0 Å². The highest BCUT2D eigenvalue weighted by atomic mass is 35.5. The van der Waals surface area contributed by atoms with Crippen molar-refractivity contribution < 1.29 is 4.39 Å². The second-order valence-electron chi connectivity index (χ2n) is 4.17. The Morgan fingerprint density at radius 1 is 1.06 bits per heavy atom. The Labute approximate surface area is 105 Å². The molecular formula is C14H13ClFN. The van der Waals surface area contributed by atoms with Gasteiger partial charge in [-0.2, -0.15) is 0 Å². The molecular weight excluding hydrogens is 237 g/mol. The van der Waals surface area contributed by atoms with Crippen LogP contribution in [0.25, 0.3) is 11.1 Å². The standard InChI is InChI=1S/C14H13ClFN/c1-8-3-4-14(17)11(5-8)10-6-9(2)13(16)7-12(10)15/h3-7H,17H2,1-2H3. The highest BCUT2D eigenvalue weighted by Crippen LogP contribution is 2.34. The van der Waals surface area contributed by atoms with Gasteiger partial charge in [0, 0.05) is 16.8 Å². The van der Waals surface area contributed by atoms with Gasteiger partial charge in [0.15, 0.2) is 0 Å². The van der Waals surface area contributed by atoms with E-state index in [4.69, 9.17) is 17.3 Å². The van der Waals surface area contributed by atoms with Crippen LogP contribution in [-0.4, -0.2) is 0 Å². The summed E-state index contributed by atoms with van der Waals surface area (Å²) in [7, 11) is 0. The summed E-state index contributed by atoms with van der Waals surface area (Å²) in [4.78, 5) is 0. The van der Waals surface area contributed by atoms with Gasteiger partial charge in [-0.15, -0.1) is 0 Å². The molecule has 2 rings (SSSR count). The molecule has 0 radical (unpaired) electrons. The zero-order valence-electron chi connectivity index (χ0n) is 9.72. The fraction of sp³-hybridized carbons (Fsp3) is 0.143. The van der Waals surface area contributed by atoms with Gasteiger partial charge in [0.05, 0.1) is 5.02 Å². The molecule has 0 aliphatic heterocycles. The van der Waals surface area contributed by atoms with Crippen LogP contribution >= 0.6 is 11.6 Å². The summed E-state index contributed by atoms with van der Waals surface area (Å²) in [6, 6.07) is 8.77. The molecule has 0 amide bonds. The van der Waals surface area contributed by atoms with Crippen LogP contribution in [-0.2, 0) is 0 Å². The average molecular weight is 250 g/mol. The fourth-order valence-corrected chi connectivity index (χ4v) is 2.02. The van der Waals surface area contributed by atoms with Crippen LogP contribution in [0.5, 0.6) is 0 Å². The SMILES string of the molecule is Cc1ccc(N)c(-c2cc(C)c(F)cc2Cl)c1. The summed E-state index contributed by atoms with van der Waals surface area (Å²) in [6.07, 6.45) is 0. The van der Waals surface area contributed by atoms with Gasteiger partial charge in [-0.25, -0.2) is 4.39 Å². The van der Waals surface area contributed by atoms with Crippen molar-refractivity contribution in [2.24, 2.45) is 0 Å². The largest absolute Gasteiger partial charge is 0.398 e. The average Bonchev–Trinajstić information content (AvgIpc) is 2.27. The second-order valence-corrected chi connectivity index (χ2v) is 4.58. The maximum absolute atomic E-state index is 13.3. The van der Waals surface area contributed by atoms with Gasteiger partial charge in [-0.3, -0.25) is 0 Å². The van der Waals surface area contributed by atoms with Gasteiger partial charge >= 0.3 is 0 Å². The topological polar surface area (TPSA) is 26.0 Å². The maximum atomic E-state index is 13.3. The lowest BCUT2D eigenvalue weighted by Gasteiger charge is -2.10. The zero-order chi connectivity index (χ0) is 12.6. The van der Waals surface area contributed by atoms with E-state index in [0.717, 1.165) is 16.7 Å². The van der Waals surface area contributed by atoms with E-state index < -0.39 is 0 Å². The minimum absolute atomic E-state index is 0.301. The Morgan fingerprint density at radius 2 is 1.76 bits per heavy atom. The molecule has 0 saturated heterocycles. The first-order valence-corrected chi connectivity index (χ1v) is 5.69. The zero-order valence-corrected chi connectivity index (χ0v) is 10.5. The lowest BCUT2D eigenvalue weighted by atomic mass is 9.99. The Bertz CT molecular complexity index is 579. The predicted octanol–water partition coefficient (Wildman–Crippen LogP) is 4.35. The summed E-state index contributed by atoms with van der Waals surface area (Å²) >= 11 is 6.06. The number of rotatable bonds is 1. The second kappa shape index (κ2) is 4.38. The van der Waals surface area contributed by atoms with Gasteiger partial charge < -0.3 is 5.73 Å². The van der Waals surface area contributed by atoms with E-state index in [2.05, 4.69) is 0 Å². The lowest BCUT2D eigenvalue weighted by Crippen LogP contribution is -1.93. The van der Waals surface area contributed by atoms with Gasteiger partial charge in [-0.1, -0.05) is 23.2 Å². The Kier molecular flexibility index (Phi) is 3.07. The number of nitrogens with two attached hydrogens (primary N) is 1. The third-order valence-electron chi connectivity index (χ3n) is 2.75. The monoisotopic (exact) mass is 249 g/mol. The van der Waals surface area contributed by atoms with E-state index in [1.54, 1.807) is 13.0 Å². The molecule has 0 heterocycles. The molecule has 0 fully saturated rings. The van der Waals surface area contributed by atoms with Crippen LogP contribution in [0.4, 0.5) is 10.1 Å². The van der Waals surface area contributed by atoms with Gasteiger partial charge in [0.1, 0.15) is 5.82 Å². The molecule has 2 aromatic carbocycles. The smallest absolute Gasteiger partial charge is 0.127 e. The Morgan fingerprint density at radius 3 is 2.47 bits per heavy atom. The number of aryl methyl sites for hydroxylation is 2. The van der Waals surface area contributed by atoms with E-state index in [-0.39, 0.29) is 5.82 Å². The summed E-state index contributed by atoms with van der Waals surface area (Å²) < 4.78 is 13.3. The van der Waals surface area contributed by atoms with E-state index in [1.807, 2.05) is 25.1 Å². The number of hydrogen-bond donors (Lipinski definition) is 1. The Balaban J connectivity index is 2.68. The van der Waals surface area contributed by atoms with Crippen molar-refractivity contribution in [3.8, 4) is 11.1 Å². The highest BCUT2D eigenvalue weighted by molar-refractivity contribution is 6.33. The molecule has 3 heteroatoms. The molecule has 0 aliphatic rings. The van der Waals surface area contributed by atoms with Crippen molar-refractivity contribution in [1.82, 2.24) is 0 Å². The minimum atomic E-state index is -0.301. The van der Waals surface area contributed by atoms with Crippen LogP contribution in [0.3, 0.4) is 0 Å². The van der Waals surface area contributed by atoms with Crippen molar-refractivity contribution in [1.29, 1.82) is 0 Å². The highest BCUT2D eigenvalue weighted by Gasteiger charge is 2.10. The van der Waals surface area contributed by atoms with Crippen molar-refractivity contribution in [3.05, 3.63) is 52.3 Å². The fourth-order valence-electron chi connectivity index (χ4n) is 1.77. The molecule has 2 aromatic rings.